The molecular formula is C23H25ClFN5O. The van der Waals surface area contributed by atoms with Gasteiger partial charge < -0.3 is 9.80 Å². The zero-order valence-corrected chi connectivity index (χ0v) is 18.3. The van der Waals surface area contributed by atoms with Crippen molar-refractivity contribution in [1.82, 2.24) is 19.5 Å². The Morgan fingerprint density at radius 3 is 2.71 bits per heavy atom. The minimum atomic E-state index is -0.469. The van der Waals surface area contributed by atoms with E-state index in [1.165, 1.54) is 31.0 Å². The highest BCUT2D eigenvalue weighted by Gasteiger charge is 2.32. The lowest BCUT2D eigenvalue weighted by Gasteiger charge is -2.35. The van der Waals surface area contributed by atoms with Crippen molar-refractivity contribution in [3.8, 4) is 0 Å². The molecule has 2 saturated heterocycles. The van der Waals surface area contributed by atoms with Crippen LogP contribution in [-0.2, 0) is 0 Å². The topological polar surface area (TPSA) is 53.7 Å². The molecule has 6 nitrogen and oxygen atoms in total. The number of aryl methyl sites for hydroxylation is 1. The fourth-order valence-electron chi connectivity index (χ4n) is 4.73. The van der Waals surface area contributed by atoms with Crippen molar-refractivity contribution in [3.05, 3.63) is 58.1 Å². The first-order valence-electron chi connectivity index (χ1n) is 10.9. The number of hydrogen-bond acceptors (Lipinski definition) is 4. The Kier molecular flexibility index (Phi) is 5.30. The van der Waals surface area contributed by atoms with Crippen LogP contribution >= 0.6 is 11.6 Å². The number of piperidine rings is 1. The average molecular weight is 442 g/mol. The summed E-state index contributed by atoms with van der Waals surface area (Å²) in [5.41, 5.74) is 2.88. The largest absolute Gasteiger partial charge is 0.356 e. The number of fused-ring (bicyclic) bond motifs is 1. The first kappa shape index (κ1) is 20.2. The summed E-state index contributed by atoms with van der Waals surface area (Å²) in [5.74, 6) is 0.288. The molecule has 5 rings (SSSR count). The van der Waals surface area contributed by atoms with Crippen molar-refractivity contribution in [2.24, 2.45) is 0 Å². The number of rotatable bonds is 3. The molecule has 2 fully saturated rings. The van der Waals surface area contributed by atoms with Gasteiger partial charge in [-0.3, -0.25) is 4.79 Å². The fraction of sp³-hybridized carbons (Fsp3) is 0.435. The molecule has 31 heavy (non-hydrogen) atoms. The first-order valence-corrected chi connectivity index (χ1v) is 11.3. The van der Waals surface area contributed by atoms with Crippen LogP contribution in [0, 0.1) is 12.7 Å². The summed E-state index contributed by atoms with van der Waals surface area (Å²) in [4.78, 5) is 22.3. The Morgan fingerprint density at radius 1 is 1.13 bits per heavy atom. The van der Waals surface area contributed by atoms with Crippen LogP contribution in [-0.4, -0.2) is 45.0 Å². The highest BCUT2D eigenvalue weighted by molar-refractivity contribution is 6.33. The number of hydrogen-bond donors (Lipinski definition) is 0. The minimum Gasteiger partial charge on any atom is -0.356 e. The summed E-state index contributed by atoms with van der Waals surface area (Å²) in [6, 6.07) is 5.70. The molecule has 4 heterocycles. The molecule has 2 aromatic heterocycles. The van der Waals surface area contributed by atoms with Crippen molar-refractivity contribution < 1.29 is 9.18 Å². The van der Waals surface area contributed by atoms with Crippen molar-refractivity contribution in [1.29, 1.82) is 0 Å². The Balaban J connectivity index is 1.49. The lowest BCUT2D eigenvalue weighted by molar-refractivity contribution is 0.0605. The van der Waals surface area contributed by atoms with Gasteiger partial charge in [-0.05, 0) is 57.2 Å². The fourth-order valence-corrected chi connectivity index (χ4v) is 4.93. The van der Waals surface area contributed by atoms with Crippen LogP contribution in [0.5, 0.6) is 0 Å². The van der Waals surface area contributed by atoms with Crippen molar-refractivity contribution >= 4 is 29.0 Å². The lowest BCUT2D eigenvalue weighted by atomic mass is 9.98. The molecule has 1 aromatic carbocycles. The van der Waals surface area contributed by atoms with Crippen LogP contribution in [0.25, 0.3) is 5.65 Å². The summed E-state index contributed by atoms with van der Waals surface area (Å²) in [7, 11) is 0. The van der Waals surface area contributed by atoms with E-state index in [1.807, 2.05) is 12.3 Å². The number of benzene rings is 1. The van der Waals surface area contributed by atoms with Crippen LogP contribution in [0.15, 0.2) is 30.5 Å². The highest BCUT2D eigenvalue weighted by atomic mass is 35.5. The van der Waals surface area contributed by atoms with Crippen molar-refractivity contribution in [3.63, 3.8) is 0 Å². The molecule has 1 amide bonds. The van der Waals surface area contributed by atoms with Gasteiger partial charge in [0, 0.05) is 37.5 Å². The zero-order chi connectivity index (χ0) is 21.5. The molecule has 162 valence electrons. The highest BCUT2D eigenvalue weighted by Crippen LogP contribution is 2.34. The van der Waals surface area contributed by atoms with Crippen LogP contribution < -0.4 is 4.90 Å². The van der Waals surface area contributed by atoms with Gasteiger partial charge in [-0.1, -0.05) is 11.6 Å². The second-order valence-electron chi connectivity index (χ2n) is 8.45. The van der Waals surface area contributed by atoms with Crippen LogP contribution in [0.4, 0.5) is 10.2 Å². The van der Waals surface area contributed by atoms with E-state index in [0.717, 1.165) is 55.1 Å². The molecule has 1 unspecified atom stereocenters. The number of amides is 1. The van der Waals surface area contributed by atoms with Gasteiger partial charge in [0.1, 0.15) is 11.6 Å². The minimum absolute atomic E-state index is 0.183. The zero-order valence-electron chi connectivity index (χ0n) is 17.5. The van der Waals surface area contributed by atoms with Gasteiger partial charge in [0.05, 0.1) is 22.3 Å². The maximum Gasteiger partial charge on any atom is 0.256 e. The maximum atomic E-state index is 13.8. The molecule has 2 aliphatic heterocycles. The number of nitrogens with zero attached hydrogens (tertiary/aromatic N) is 5. The Bertz CT molecular complexity index is 1140. The molecule has 0 N–H and O–H groups in total. The van der Waals surface area contributed by atoms with Gasteiger partial charge in [0.25, 0.3) is 5.91 Å². The van der Waals surface area contributed by atoms with Gasteiger partial charge in [-0.25, -0.2) is 13.9 Å². The monoisotopic (exact) mass is 441 g/mol. The molecule has 8 heteroatoms. The van der Waals surface area contributed by atoms with Crippen LogP contribution in [0.2, 0.25) is 5.02 Å². The maximum absolute atomic E-state index is 13.8. The van der Waals surface area contributed by atoms with Gasteiger partial charge >= 0.3 is 0 Å². The quantitative estimate of drug-likeness (QED) is 0.586. The second kappa shape index (κ2) is 8.11. The molecule has 0 aliphatic carbocycles. The molecule has 0 bridgehead atoms. The first-order chi connectivity index (χ1) is 15.0. The third-order valence-corrected chi connectivity index (χ3v) is 6.62. The van der Waals surface area contributed by atoms with E-state index in [4.69, 9.17) is 21.7 Å². The molecule has 1 atom stereocenters. The van der Waals surface area contributed by atoms with E-state index in [1.54, 1.807) is 9.42 Å². The molecule has 0 saturated carbocycles. The number of aromatic nitrogens is 3. The summed E-state index contributed by atoms with van der Waals surface area (Å²) in [6.07, 6.45) is 7.11. The third-order valence-electron chi connectivity index (χ3n) is 6.29. The van der Waals surface area contributed by atoms with E-state index in [9.17, 15) is 9.18 Å². The molecule has 0 spiro atoms. The van der Waals surface area contributed by atoms with Crippen LogP contribution in [0.3, 0.4) is 0 Å². The SMILES string of the molecule is Cc1cn2nc(C3CCCCN3C(=O)c3cc(F)ccc3Cl)cc2nc1N1CCCC1. The number of carbonyl (C=O) groups excluding carboxylic acids is 1. The Labute approximate surface area is 185 Å². The summed E-state index contributed by atoms with van der Waals surface area (Å²) in [5, 5.41) is 5.03. The smallest absolute Gasteiger partial charge is 0.256 e. The Hall–Kier alpha value is -2.67. The molecule has 0 radical (unpaired) electrons. The van der Waals surface area contributed by atoms with E-state index >= 15 is 0 Å². The second-order valence-corrected chi connectivity index (χ2v) is 8.86. The van der Waals surface area contributed by atoms with E-state index in [-0.39, 0.29) is 22.5 Å². The Morgan fingerprint density at radius 2 is 1.90 bits per heavy atom. The lowest BCUT2D eigenvalue weighted by Crippen LogP contribution is -2.38. The normalized spacial score (nSPS) is 19.4. The summed E-state index contributed by atoms with van der Waals surface area (Å²) < 4.78 is 15.6. The van der Waals surface area contributed by atoms with Crippen molar-refractivity contribution in [2.45, 2.75) is 45.1 Å². The number of carbonyl (C=O) groups is 1. The summed E-state index contributed by atoms with van der Waals surface area (Å²) >= 11 is 6.22. The van der Waals surface area contributed by atoms with E-state index < -0.39 is 5.82 Å². The number of halogens is 2. The van der Waals surface area contributed by atoms with Gasteiger partial charge in [0.2, 0.25) is 0 Å². The number of likely N-dealkylation sites (tertiary alicyclic amines) is 1. The van der Waals surface area contributed by atoms with Crippen molar-refractivity contribution in [2.75, 3.05) is 24.5 Å². The van der Waals surface area contributed by atoms with Gasteiger partial charge in [0.15, 0.2) is 5.65 Å². The van der Waals surface area contributed by atoms with Crippen LogP contribution in [0.1, 0.15) is 59.8 Å². The molecular weight excluding hydrogens is 417 g/mol. The van der Waals surface area contributed by atoms with E-state index in [0.29, 0.717) is 6.54 Å². The van der Waals surface area contributed by atoms with Gasteiger partial charge in [-0.2, -0.15) is 5.10 Å². The third kappa shape index (κ3) is 3.76. The van der Waals surface area contributed by atoms with E-state index in [2.05, 4.69) is 11.8 Å². The predicted molar refractivity (Wildman–Crippen MR) is 118 cm³/mol. The van der Waals surface area contributed by atoms with Gasteiger partial charge in [-0.15, -0.1) is 0 Å². The molecule has 2 aliphatic rings. The average Bonchev–Trinajstić information content (AvgIpc) is 3.44. The standard InChI is InChI=1S/C23H25ClFN5O/c1-15-14-30-21(26-22(15)28-9-4-5-10-28)13-19(27-30)20-6-2-3-11-29(20)23(31)17-12-16(25)7-8-18(17)24/h7-8,12-14,20H,2-6,9-11H2,1H3. The summed E-state index contributed by atoms with van der Waals surface area (Å²) in [6.45, 7) is 4.72. The molecule has 3 aromatic rings. The number of anilines is 1. The predicted octanol–water partition coefficient (Wildman–Crippen LogP) is 4.80.